The van der Waals surface area contributed by atoms with Crippen LogP contribution in [0, 0.1) is 0 Å². The number of halogens is 2. The van der Waals surface area contributed by atoms with Crippen LogP contribution in [0.2, 0.25) is 5.02 Å². The molecule has 1 amide bonds. The van der Waals surface area contributed by atoms with Crippen LogP contribution in [-0.4, -0.2) is 22.8 Å². The highest BCUT2D eigenvalue weighted by Gasteiger charge is 2.20. The van der Waals surface area contributed by atoms with E-state index in [-0.39, 0.29) is 11.9 Å². The van der Waals surface area contributed by atoms with Gasteiger partial charge in [-0.15, -0.1) is 0 Å². The maximum absolute atomic E-state index is 12.5. The molecule has 0 spiro atoms. The summed E-state index contributed by atoms with van der Waals surface area (Å²) in [5.74, 6) is -0.0575. The van der Waals surface area contributed by atoms with Crippen molar-refractivity contribution in [3.05, 3.63) is 63.3 Å². The number of carbonyl (C=O) groups is 1. The van der Waals surface area contributed by atoms with E-state index in [1.807, 2.05) is 19.1 Å². The molecule has 0 fully saturated rings. The molecular weight excluding hydrogens is 340 g/mol. The highest BCUT2D eigenvalue weighted by molar-refractivity contribution is 9.10. The van der Waals surface area contributed by atoms with Gasteiger partial charge in [-0.25, -0.2) is 0 Å². The summed E-state index contributed by atoms with van der Waals surface area (Å²) in [5.41, 5.74) is 1.64. The molecule has 104 valence electrons. The first-order valence-electron chi connectivity index (χ1n) is 6.13. The Hall–Kier alpha value is -1.39. The number of hydrogen-bond acceptors (Lipinski definition) is 2. The predicted molar refractivity (Wildman–Crippen MR) is 83.9 cm³/mol. The van der Waals surface area contributed by atoms with Gasteiger partial charge in [0.25, 0.3) is 5.91 Å². The molecule has 0 saturated carbocycles. The van der Waals surface area contributed by atoms with E-state index in [1.165, 1.54) is 0 Å². The third-order valence-electron chi connectivity index (χ3n) is 3.25. The maximum atomic E-state index is 12.5. The lowest BCUT2D eigenvalue weighted by atomic mass is 10.1. The molecule has 0 aliphatic carbocycles. The van der Waals surface area contributed by atoms with Gasteiger partial charge in [0.1, 0.15) is 0 Å². The fourth-order valence-electron chi connectivity index (χ4n) is 1.89. The highest BCUT2D eigenvalue weighted by atomic mass is 79.9. The fourth-order valence-corrected chi connectivity index (χ4v) is 2.75. The van der Waals surface area contributed by atoms with Crippen LogP contribution in [0.1, 0.15) is 28.9 Å². The number of hydrogen-bond donors (Lipinski definition) is 0. The van der Waals surface area contributed by atoms with Crippen molar-refractivity contribution in [3.8, 4) is 0 Å². The van der Waals surface area contributed by atoms with Gasteiger partial charge in [-0.3, -0.25) is 9.78 Å². The molecule has 1 heterocycles. The summed E-state index contributed by atoms with van der Waals surface area (Å²) in [7, 11) is 1.79. The third-order valence-corrected chi connectivity index (χ3v) is 4.14. The Labute approximate surface area is 131 Å². The molecule has 1 aromatic carbocycles. The Kier molecular flexibility index (Phi) is 4.78. The van der Waals surface area contributed by atoms with E-state index in [1.54, 1.807) is 42.5 Å². The van der Waals surface area contributed by atoms with Crippen LogP contribution in [0.15, 0.2) is 47.2 Å². The van der Waals surface area contributed by atoms with Gasteiger partial charge in [0.15, 0.2) is 0 Å². The van der Waals surface area contributed by atoms with Crippen molar-refractivity contribution in [2.45, 2.75) is 13.0 Å². The third kappa shape index (κ3) is 3.19. The first kappa shape index (κ1) is 15.0. The van der Waals surface area contributed by atoms with Crippen molar-refractivity contribution in [3.63, 3.8) is 0 Å². The zero-order valence-electron chi connectivity index (χ0n) is 11.2. The van der Waals surface area contributed by atoms with Gasteiger partial charge in [-0.2, -0.15) is 0 Å². The Morgan fingerprint density at radius 1 is 1.30 bits per heavy atom. The van der Waals surface area contributed by atoms with Gasteiger partial charge in [0.05, 0.1) is 11.6 Å². The van der Waals surface area contributed by atoms with Gasteiger partial charge in [0, 0.05) is 28.9 Å². The summed E-state index contributed by atoms with van der Waals surface area (Å²) in [6, 6.07) is 8.94. The second kappa shape index (κ2) is 6.37. The van der Waals surface area contributed by atoms with Gasteiger partial charge < -0.3 is 4.90 Å². The van der Waals surface area contributed by atoms with Crippen LogP contribution in [0.4, 0.5) is 0 Å². The Morgan fingerprint density at radius 3 is 2.55 bits per heavy atom. The molecule has 0 N–H and O–H groups in total. The molecule has 3 nitrogen and oxygen atoms in total. The molecule has 0 bridgehead atoms. The van der Waals surface area contributed by atoms with Crippen molar-refractivity contribution in [2.24, 2.45) is 0 Å². The average Bonchev–Trinajstić information content (AvgIpc) is 2.46. The largest absolute Gasteiger partial charge is 0.335 e. The smallest absolute Gasteiger partial charge is 0.255 e. The highest BCUT2D eigenvalue weighted by Crippen LogP contribution is 2.26. The molecular formula is C15H14BrClN2O. The number of amides is 1. The van der Waals surface area contributed by atoms with Crippen LogP contribution < -0.4 is 0 Å². The van der Waals surface area contributed by atoms with E-state index in [0.717, 1.165) is 5.56 Å². The fraction of sp³-hybridized carbons (Fsp3) is 0.200. The van der Waals surface area contributed by atoms with E-state index in [9.17, 15) is 4.79 Å². The molecule has 1 aromatic heterocycles. The van der Waals surface area contributed by atoms with Crippen molar-refractivity contribution in [2.75, 3.05) is 7.05 Å². The second-order valence-corrected chi connectivity index (χ2v) is 5.79. The minimum Gasteiger partial charge on any atom is -0.335 e. The normalized spacial score (nSPS) is 12.0. The van der Waals surface area contributed by atoms with Crippen LogP contribution >= 0.6 is 27.5 Å². The number of nitrogens with zero attached hydrogens (tertiary/aromatic N) is 2. The average molecular weight is 354 g/mol. The number of pyridine rings is 1. The monoisotopic (exact) mass is 352 g/mol. The topological polar surface area (TPSA) is 33.2 Å². The van der Waals surface area contributed by atoms with Gasteiger partial charge in [-0.1, -0.05) is 11.6 Å². The maximum Gasteiger partial charge on any atom is 0.255 e. The summed E-state index contributed by atoms with van der Waals surface area (Å²) in [4.78, 5) is 18.2. The minimum absolute atomic E-state index is 0.0342. The van der Waals surface area contributed by atoms with Crippen LogP contribution in [-0.2, 0) is 0 Å². The molecule has 0 radical (unpaired) electrons. The summed E-state index contributed by atoms with van der Waals surface area (Å²) in [6.45, 7) is 1.98. The van der Waals surface area contributed by atoms with E-state index < -0.39 is 0 Å². The quantitative estimate of drug-likeness (QED) is 0.823. The zero-order chi connectivity index (χ0) is 14.7. The molecule has 20 heavy (non-hydrogen) atoms. The molecule has 5 heteroatoms. The first-order chi connectivity index (χ1) is 9.50. The van der Waals surface area contributed by atoms with E-state index >= 15 is 0 Å². The molecule has 1 unspecified atom stereocenters. The molecule has 1 atom stereocenters. The summed E-state index contributed by atoms with van der Waals surface area (Å²) >= 11 is 9.28. The van der Waals surface area contributed by atoms with E-state index in [2.05, 4.69) is 20.9 Å². The number of rotatable bonds is 3. The first-order valence-corrected chi connectivity index (χ1v) is 7.30. The zero-order valence-corrected chi connectivity index (χ0v) is 13.5. The van der Waals surface area contributed by atoms with Crippen molar-refractivity contribution < 1.29 is 4.79 Å². The van der Waals surface area contributed by atoms with E-state index in [0.29, 0.717) is 15.1 Å². The number of carbonyl (C=O) groups excluding carboxylic acids is 1. The molecule has 2 aromatic rings. The van der Waals surface area contributed by atoms with Crippen molar-refractivity contribution in [1.29, 1.82) is 0 Å². The lowest BCUT2D eigenvalue weighted by Crippen LogP contribution is -2.29. The van der Waals surface area contributed by atoms with Crippen LogP contribution in [0.3, 0.4) is 0 Å². The number of aromatic nitrogens is 1. The Bertz CT molecular complexity index is 619. The summed E-state index contributed by atoms with van der Waals surface area (Å²) in [6.07, 6.45) is 3.45. The lowest BCUT2D eigenvalue weighted by Gasteiger charge is -2.25. The molecule has 0 aliphatic heterocycles. The second-order valence-electron chi connectivity index (χ2n) is 4.50. The summed E-state index contributed by atoms with van der Waals surface area (Å²) in [5, 5.41) is 0.596. The molecule has 2 rings (SSSR count). The van der Waals surface area contributed by atoms with Crippen LogP contribution in [0.5, 0.6) is 0 Å². The standard InChI is InChI=1S/C15H14BrClN2O/c1-10(11-5-7-18-8-6-11)19(2)15(20)13-4-3-12(17)9-14(13)16/h3-10H,1-2H3. The van der Waals surface area contributed by atoms with Gasteiger partial charge in [0.2, 0.25) is 0 Å². The number of benzene rings is 1. The van der Waals surface area contributed by atoms with E-state index in [4.69, 9.17) is 11.6 Å². The Morgan fingerprint density at radius 2 is 1.95 bits per heavy atom. The van der Waals surface area contributed by atoms with Gasteiger partial charge >= 0.3 is 0 Å². The lowest BCUT2D eigenvalue weighted by molar-refractivity contribution is 0.0741. The SMILES string of the molecule is CC(c1ccncc1)N(C)C(=O)c1ccc(Cl)cc1Br. The summed E-state index contributed by atoms with van der Waals surface area (Å²) < 4.78 is 0.698. The molecule has 0 aliphatic rings. The molecule has 0 saturated heterocycles. The minimum atomic E-state index is -0.0575. The predicted octanol–water partition coefficient (Wildman–Crippen LogP) is 4.33. The van der Waals surface area contributed by atoms with Crippen LogP contribution in [0.25, 0.3) is 0 Å². The van der Waals surface area contributed by atoms with Gasteiger partial charge in [-0.05, 0) is 58.7 Å². The Balaban J connectivity index is 2.24. The van der Waals surface area contributed by atoms with Crippen molar-refractivity contribution in [1.82, 2.24) is 9.88 Å². The van der Waals surface area contributed by atoms with Crippen molar-refractivity contribution >= 4 is 33.4 Å².